The molecule has 2 amide bonds. The molecule has 156 valence electrons. The third kappa shape index (κ3) is 9.02. The molecule has 0 aromatic carbocycles. The molecule has 5 heteroatoms. The Labute approximate surface area is 163 Å². The van der Waals surface area contributed by atoms with Gasteiger partial charge < -0.3 is 14.7 Å². The monoisotopic (exact) mass is 371 g/mol. The van der Waals surface area contributed by atoms with Crippen molar-refractivity contribution in [2.75, 3.05) is 40.3 Å². The predicted molar refractivity (Wildman–Crippen MR) is 112 cm³/mol. The van der Waals surface area contributed by atoms with Crippen molar-refractivity contribution in [3.8, 4) is 0 Å². The minimum absolute atomic E-state index is 0.116. The van der Waals surface area contributed by atoms with Crippen LogP contribution in [0.3, 0.4) is 0 Å². The smallest absolute Gasteiger partial charge is 0.225 e. The Bertz CT molecular complexity index is 358. The van der Waals surface area contributed by atoms with Crippen LogP contribution in [0.4, 0.5) is 0 Å². The zero-order valence-corrected chi connectivity index (χ0v) is 19.0. The van der Waals surface area contributed by atoms with Gasteiger partial charge in [0.1, 0.15) is 0 Å². The number of amides is 2. The molecule has 0 aliphatic carbocycles. The van der Waals surface area contributed by atoms with Gasteiger partial charge in [-0.2, -0.15) is 0 Å². The molecule has 0 saturated carbocycles. The van der Waals surface area contributed by atoms with Gasteiger partial charge in [0, 0.05) is 39.0 Å². The Morgan fingerprint density at radius 1 is 0.808 bits per heavy atom. The van der Waals surface area contributed by atoms with Gasteiger partial charge in [-0.25, -0.2) is 0 Å². The third-order valence-electron chi connectivity index (χ3n) is 4.89. The quantitative estimate of drug-likeness (QED) is 0.740. The molecule has 0 spiro atoms. The van der Waals surface area contributed by atoms with Gasteiger partial charge in [-0.3, -0.25) is 9.59 Å². The molecular weight excluding hydrogens is 326 g/mol. The van der Waals surface area contributed by atoms with Crippen molar-refractivity contribution in [3.05, 3.63) is 0 Å². The molecule has 0 N–H and O–H groups in total. The van der Waals surface area contributed by atoms with Crippen LogP contribution in [0.2, 0.25) is 0 Å². The molecule has 0 aromatic heterocycles. The number of nitrogens with zero attached hydrogens (tertiary/aromatic N) is 3. The Balaban J connectivity index is 0. The van der Waals surface area contributed by atoms with Crippen LogP contribution < -0.4 is 0 Å². The van der Waals surface area contributed by atoms with Crippen molar-refractivity contribution in [1.29, 1.82) is 0 Å². The van der Waals surface area contributed by atoms with Crippen LogP contribution >= 0.6 is 0 Å². The maximum absolute atomic E-state index is 12.5. The number of hydrogen-bond donors (Lipinski definition) is 0. The molecule has 2 aliphatic heterocycles. The van der Waals surface area contributed by atoms with Crippen LogP contribution in [-0.2, 0) is 9.59 Å². The Morgan fingerprint density at radius 3 is 1.62 bits per heavy atom. The van der Waals surface area contributed by atoms with Gasteiger partial charge in [0.25, 0.3) is 0 Å². The summed E-state index contributed by atoms with van der Waals surface area (Å²) < 4.78 is 0. The van der Waals surface area contributed by atoms with Crippen molar-refractivity contribution in [2.45, 2.75) is 80.2 Å². The lowest BCUT2D eigenvalue weighted by Gasteiger charge is -2.39. The van der Waals surface area contributed by atoms with E-state index < -0.39 is 0 Å². The zero-order valence-electron chi connectivity index (χ0n) is 19.0. The molecule has 0 unspecified atom stereocenters. The maximum atomic E-state index is 12.5. The highest BCUT2D eigenvalue weighted by Gasteiger charge is 2.31. The van der Waals surface area contributed by atoms with E-state index in [0.29, 0.717) is 11.9 Å². The van der Waals surface area contributed by atoms with E-state index in [4.69, 9.17) is 0 Å². The summed E-state index contributed by atoms with van der Waals surface area (Å²) in [6, 6.07) is 0.300. The Morgan fingerprint density at radius 2 is 1.23 bits per heavy atom. The molecule has 26 heavy (non-hydrogen) atoms. The van der Waals surface area contributed by atoms with Crippen molar-refractivity contribution in [1.82, 2.24) is 14.7 Å². The van der Waals surface area contributed by atoms with Gasteiger partial charge in [0.05, 0.1) is 0 Å². The first kappa shape index (κ1) is 27.1. The van der Waals surface area contributed by atoms with E-state index in [-0.39, 0.29) is 11.8 Å². The molecule has 5 nitrogen and oxygen atoms in total. The van der Waals surface area contributed by atoms with Gasteiger partial charge >= 0.3 is 0 Å². The molecule has 2 saturated heterocycles. The van der Waals surface area contributed by atoms with Crippen molar-refractivity contribution in [2.24, 2.45) is 5.92 Å². The minimum Gasteiger partial charge on any atom is -0.343 e. The first-order chi connectivity index (χ1) is 12.5. The fourth-order valence-corrected chi connectivity index (χ4v) is 3.24. The SMILES string of the molecule is CC.CC.CC.CC(=O)N(C)C1CCN(C(=O)C2CCN(C)CC2)CC1. The van der Waals surface area contributed by atoms with Gasteiger partial charge in [0.15, 0.2) is 0 Å². The van der Waals surface area contributed by atoms with Gasteiger partial charge in [-0.1, -0.05) is 41.5 Å². The number of likely N-dealkylation sites (tertiary alicyclic amines) is 2. The highest BCUT2D eigenvalue weighted by atomic mass is 16.2. The van der Waals surface area contributed by atoms with E-state index >= 15 is 0 Å². The first-order valence-corrected chi connectivity index (χ1v) is 10.7. The molecule has 0 atom stereocenters. The van der Waals surface area contributed by atoms with Gasteiger partial charge in [-0.15, -0.1) is 0 Å². The fraction of sp³-hybridized carbons (Fsp3) is 0.905. The molecule has 0 radical (unpaired) electrons. The van der Waals surface area contributed by atoms with E-state index in [1.165, 1.54) is 0 Å². The van der Waals surface area contributed by atoms with Crippen LogP contribution in [-0.4, -0.2) is 72.8 Å². The lowest BCUT2D eigenvalue weighted by molar-refractivity contribution is -0.139. The molecule has 2 fully saturated rings. The molecule has 0 bridgehead atoms. The summed E-state index contributed by atoms with van der Waals surface area (Å²) in [6.07, 6.45) is 3.80. The minimum atomic E-state index is 0.116. The van der Waals surface area contributed by atoms with E-state index in [0.717, 1.165) is 51.9 Å². The van der Waals surface area contributed by atoms with Gasteiger partial charge in [-0.05, 0) is 45.8 Å². The van der Waals surface area contributed by atoms with Crippen molar-refractivity contribution in [3.63, 3.8) is 0 Å². The third-order valence-corrected chi connectivity index (χ3v) is 4.89. The maximum Gasteiger partial charge on any atom is 0.225 e. The summed E-state index contributed by atoms with van der Waals surface area (Å²) in [7, 11) is 3.98. The van der Waals surface area contributed by atoms with E-state index in [9.17, 15) is 9.59 Å². The van der Waals surface area contributed by atoms with Crippen LogP contribution in [0.1, 0.15) is 74.1 Å². The summed E-state index contributed by atoms with van der Waals surface area (Å²) in [6.45, 7) is 17.3. The van der Waals surface area contributed by atoms with Crippen molar-refractivity contribution >= 4 is 11.8 Å². The normalized spacial score (nSPS) is 18.3. The van der Waals surface area contributed by atoms with Gasteiger partial charge in [0.2, 0.25) is 11.8 Å². The second kappa shape index (κ2) is 16.1. The predicted octanol–water partition coefficient (Wildman–Crippen LogP) is 3.88. The number of piperidine rings is 2. The Hall–Kier alpha value is -1.10. The summed E-state index contributed by atoms with van der Waals surface area (Å²) >= 11 is 0. The van der Waals surface area contributed by atoms with E-state index in [2.05, 4.69) is 11.9 Å². The fourth-order valence-electron chi connectivity index (χ4n) is 3.24. The lowest BCUT2D eigenvalue weighted by Crippen LogP contribution is -2.49. The molecule has 2 aliphatic rings. The number of rotatable bonds is 2. The van der Waals surface area contributed by atoms with Crippen LogP contribution in [0, 0.1) is 5.92 Å². The van der Waals surface area contributed by atoms with Crippen LogP contribution in [0.25, 0.3) is 0 Å². The highest BCUT2D eigenvalue weighted by molar-refractivity contribution is 5.79. The average Bonchev–Trinajstić information content (AvgIpc) is 2.72. The molecule has 2 rings (SSSR count). The molecular formula is C21H45N3O2. The number of carbonyl (C=O) groups is 2. The lowest BCUT2D eigenvalue weighted by atomic mass is 9.94. The van der Waals surface area contributed by atoms with E-state index in [1.807, 2.05) is 58.4 Å². The second-order valence-corrected chi connectivity index (χ2v) is 6.26. The average molecular weight is 372 g/mol. The standard InChI is InChI=1S/C15H27N3O2.3C2H6/c1-12(19)17(3)14-6-10-18(11-7-14)15(20)13-4-8-16(2)9-5-13;3*1-2/h13-14H,4-11H2,1-3H3;3*1-2H3. The Kier molecular flexibility index (Phi) is 16.8. The van der Waals surface area contributed by atoms with Crippen LogP contribution in [0.15, 0.2) is 0 Å². The summed E-state index contributed by atoms with van der Waals surface area (Å²) in [5, 5.41) is 0. The van der Waals surface area contributed by atoms with E-state index in [1.54, 1.807) is 6.92 Å². The van der Waals surface area contributed by atoms with Crippen LogP contribution in [0.5, 0.6) is 0 Å². The van der Waals surface area contributed by atoms with Crippen molar-refractivity contribution < 1.29 is 9.59 Å². The topological polar surface area (TPSA) is 43.9 Å². The zero-order chi connectivity index (χ0) is 20.7. The highest BCUT2D eigenvalue weighted by Crippen LogP contribution is 2.22. The first-order valence-electron chi connectivity index (χ1n) is 10.7. The second-order valence-electron chi connectivity index (χ2n) is 6.26. The number of hydrogen-bond acceptors (Lipinski definition) is 3. The number of carbonyl (C=O) groups excluding carboxylic acids is 2. The summed E-state index contributed by atoms with van der Waals surface area (Å²) in [4.78, 5) is 30.0. The molecule has 2 heterocycles. The molecule has 0 aromatic rings. The summed E-state index contributed by atoms with van der Waals surface area (Å²) in [5.41, 5.74) is 0. The largest absolute Gasteiger partial charge is 0.343 e. The summed E-state index contributed by atoms with van der Waals surface area (Å²) in [5.74, 6) is 0.667.